The third-order valence-electron chi connectivity index (χ3n) is 2.79. The van der Waals surface area contributed by atoms with Crippen LogP contribution in [-0.4, -0.2) is 25.2 Å². The number of H-pyrrole nitrogens is 1. The predicted octanol–water partition coefficient (Wildman–Crippen LogP) is 2.31. The second kappa shape index (κ2) is 7.23. The number of nitrogens with zero attached hydrogens (tertiary/aromatic N) is 1. The van der Waals surface area contributed by atoms with Crippen LogP contribution in [0.2, 0.25) is 0 Å². The van der Waals surface area contributed by atoms with Gasteiger partial charge in [-0.2, -0.15) is 13.5 Å². The van der Waals surface area contributed by atoms with Gasteiger partial charge in [0, 0.05) is 21.4 Å². The van der Waals surface area contributed by atoms with E-state index in [-0.39, 0.29) is 5.03 Å². The number of hydrogen-bond donors (Lipinski definition) is 3. The van der Waals surface area contributed by atoms with E-state index in [0.29, 0.717) is 17.8 Å². The quantitative estimate of drug-likeness (QED) is 0.474. The van der Waals surface area contributed by atoms with Crippen LogP contribution in [0.1, 0.15) is 18.9 Å². The topological polar surface area (TPSA) is 86.9 Å². The Balaban J connectivity index is 2.16. The summed E-state index contributed by atoms with van der Waals surface area (Å²) in [5.41, 5.74) is 1.15. The number of aromatic nitrogens is 2. The van der Waals surface area contributed by atoms with Crippen molar-refractivity contribution in [3.8, 4) is 0 Å². The lowest BCUT2D eigenvalue weighted by molar-refractivity contribution is 0.593. The van der Waals surface area contributed by atoms with Crippen molar-refractivity contribution in [2.24, 2.45) is 0 Å². The number of anilines is 1. The molecule has 2 aromatic rings. The summed E-state index contributed by atoms with van der Waals surface area (Å²) in [6.07, 6.45) is 2.52. The smallest absolute Gasteiger partial charge is 0.279 e. The van der Waals surface area contributed by atoms with Crippen molar-refractivity contribution in [1.29, 1.82) is 0 Å². The van der Waals surface area contributed by atoms with Crippen molar-refractivity contribution in [3.05, 3.63) is 39.6 Å². The highest BCUT2D eigenvalue weighted by Crippen LogP contribution is 2.18. The largest absolute Gasteiger partial charge is 0.313 e. The highest BCUT2D eigenvalue weighted by Gasteiger charge is 2.20. The van der Waals surface area contributed by atoms with Gasteiger partial charge in [-0.25, -0.2) is 0 Å². The Morgan fingerprint density at radius 2 is 2.00 bits per heavy atom. The molecule has 6 nitrogen and oxygen atoms in total. The second-order valence-corrected chi connectivity index (χ2v) is 7.38. The lowest BCUT2D eigenvalue weighted by atomic mass is 10.3. The van der Waals surface area contributed by atoms with E-state index in [1.807, 2.05) is 12.1 Å². The van der Waals surface area contributed by atoms with Crippen LogP contribution < -0.4 is 10.0 Å². The van der Waals surface area contributed by atoms with E-state index >= 15 is 0 Å². The number of benzene rings is 1. The monoisotopic (exact) mass is 420 g/mol. The van der Waals surface area contributed by atoms with Crippen molar-refractivity contribution in [1.82, 2.24) is 15.5 Å². The molecule has 0 aliphatic rings. The van der Waals surface area contributed by atoms with Crippen molar-refractivity contribution < 1.29 is 8.42 Å². The van der Waals surface area contributed by atoms with Gasteiger partial charge in [-0.05, 0) is 59.8 Å². The van der Waals surface area contributed by atoms with Gasteiger partial charge in [0.25, 0.3) is 10.0 Å². The number of rotatable bonds is 7. The molecule has 0 radical (unpaired) electrons. The number of aromatic amines is 1. The van der Waals surface area contributed by atoms with Crippen molar-refractivity contribution in [2.45, 2.75) is 24.9 Å². The molecule has 114 valence electrons. The lowest BCUT2D eigenvalue weighted by Gasteiger charge is -2.09. The molecule has 0 saturated carbocycles. The van der Waals surface area contributed by atoms with E-state index in [1.54, 1.807) is 12.1 Å². The predicted molar refractivity (Wildman–Crippen MR) is 90.6 cm³/mol. The van der Waals surface area contributed by atoms with Gasteiger partial charge in [0.2, 0.25) is 0 Å². The van der Waals surface area contributed by atoms with Crippen molar-refractivity contribution >= 4 is 38.3 Å². The summed E-state index contributed by atoms with van der Waals surface area (Å²) in [6.45, 7) is 3.35. The zero-order valence-corrected chi connectivity index (χ0v) is 14.5. The molecule has 1 heterocycles. The van der Waals surface area contributed by atoms with Gasteiger partial charge in [-0.1, -0.05) is 6.92 Å². The van der Waals surface area contributed by atoms with E-state index in [1.165, 1.54) is 6.20 Å². The average molecular weight is 420 g/mol. The number of halogens is 1. The third-order valence-corrected chi connectivity index (χ3v) is 4.90. The molecule has 0 saturated heterocycles. The summed E-state index contributed by atoms with van der Waals surface area (Å²) in [4.78, 5) is 0. The molecule has 1 aromatic carbocycles. The SMILES string of the molecule is CCCNCc1cn[nH]c1S(=O)(=O)Nc1ccc(I)cc1. The van der Waals surface area contributed by atoms with Crippen molar-refractivity contribution in [3.63, 3.8) is 0 Å². The fourth-order valence-electron chi connectivity index (χ4n) is 1.78. The van der Waals surface area contributed by atoms with Crippen LogP contribution >= 0.6 is 22.6 Å². The summed E-state index contributed by atoms with van der Waals surface area (Å²) in [5, 5.41) is 9.67. The summed E-state index contributed by atoms with van der Waals surface area (Å²) < 4.78 is 28.4. The highest BCUT2D eigenvalue weighted by atomic mass is 127. The standard InChI is InChI=1S/C13H17IN4O2S/c1-2-7-15-8-10-9-16-17-13(10)21(19,20)18-12-5-3-11(14)4-6-12/h3-6,9,15,18H,2,7-8H2,1H3,(H,16,17). The maximum absolute atomic E-state index is 12.4. The van der Waals surface area contributed by atoms with Crippen LogP contribution in [0.5, 0.6) is 0 Å². The first-order valence-electron chi connectivity index (χ1n) is 6.54. The first-order valence-corrected chi connectivity index (χ1v) is 9.10. The average Bonchev–Trinajstić information content (AvgIpc) is 2.91. The third kappa shape index (κ3) is 4.42. The first kappa shape index (κ1) is 16.2. The number of nitrogens with one attached hydrogen (secondary N) is 3. The second-order valence-electron chi connectivity index (χ2n) is 4.51. The maximum atomic E-state index is 12.4. The fourth-order valence-corrected chi connectivity index (χ4v) is 3.33. The molecular formula is C13H17IN4O2S. The minimum absolute atomic E-state index is 0.102. The molecule has 0 spiro atoms. The molecular weight excluding hydrogens is 403 g/mol. The lowest BCUT2D eigenvalue weighted by Crippen LogP contribution is -2.19. The Kier molecular flexibility index (Phi) is 5.59. The molecule has 0 fully saturated rings. The van der Waals surface area contributed by atoms with Gasteiger partial charge in [0.15, 0.2) is 5.03 Å². The fraction of sp³-hybridized carbons (Fsp3) is 0.308. The zero-order valence-electron chi connectivity index (χ0n) is 11.6. The maximum Gasteiger partial charge on any atom is 0.279 e. The summed E-state index contributed by atoms with van der Waals surface area (Å²) in [5.74, 6) is 0. The molecule has 3 N–H and O–H groups in total. The van der Waals surface area contributed by atoms with E-state index in [4.69, 9.17) is 0 Å². The number of sulfonamides is 1. The van der Waals surface area contributed by atoms with Gasteiger partial charge in [-0.15, -0.1) is 0 Å². The molecule has 21 heavy (non-hydrogen) atoms. The van der Waals surface area contributed by atoms with Gasteiger partial charge in [0.05, 0.1) is 6.20 Å². The summed E-state index contributed by atoms with van der Waals surface area (Å²) >= 11 is 2.17. The van der Waals surface area contributed by atoms with E-state index in [9.17, 15) is 8.42 Å². The summed E-state index contributed by atoms with van der Waals surface area (Å²) in [6, 6.07) is 7.14. The van der Waals surface area contributed by atoms with E-state index in [0.717, 1.165) is 16.5 Å². The molecule has 0 amide bonds. The highest BCUT2D eigenvalue weighted by molar-refractivity contribution is 14.1. The van der Waals surface area contributed by atoms with Gasteiger partial charge >= 0.3 is 0 Å². The summed E-state index contributed by atoms with van der Waals surface area (Å²) in [7, 11) is -3.66. The molecule has 0 aliphatic heterocycles. The van der Waals surface area contributed by atoms with Crippen LogP contribution in [0.15, 0.2) is 35.5 Å². The number of hydrogen-bond acceptors (Lipinski definition) is 4. The Morgan fingerprint density at radius 1 is 1.29 bits per heavy atom. The Bertz CT molecular complexity index is 682. The van der Waals surface area contributed by atoms with Crippen LogP contribution in [0, 0.1) is 3.57 Å². The minimum atomic E-state index is -3.66. The molecule has 0 bridgehead atoms. The first-order chi connectivity index (χ1) is 10.0. The van der Waals surface area contributed by atoms with Crippen molar-refractivity contribution in [2.75, 3.05) is 11.3 Å². The van der Waals surface area contributed by atoms with Gasteiger partial charge in [-0.3, -0.25) is 9.82 Å². The molecule has 0 unspecified atom stereocenters. The Morgan fingerprint density at radius 3 is 2.67 bits per heavy atom. The van der Waals surface area contributed by atoms with Crippen LogP contribution in [-0.2, 0) is 16.6 Å². The van der Waals surface area contributed by atoms with E-state index < -0.39 is 10.0 Å². The minimum Gasteiger partial charge on any atom is -0.313 e. The van der Waals surface area contributed by atoms with Gasteiger partial charge < -0.3 is 5.32 Å². The molecule has 0 aliphatic carbocycles. The molecule has 0 atom stereocenters. The zero-order chi connectivity index (χ0) is 15.3. The van der Waals surface area contributed by atoms with Gasteiger partial charge in [0.1, 0.15) is 0 Å². The van der Waals surface area contributed by atoms with Crippen LogP contribution in [0.4, 0.5) is 5.69 Å². The molecule has 2 rings (SSSR count). The molecule has 1 aromatic heterocycles. The van der Waals surface area contributed by atoms with E-state index in [2.05, 4.69) is 49.8 Å². The van der Waals surface area contributed by atoms with Crippen LogP contribution in [0.25, 0.3) is 0 Å². The normalized spacial score (nSPS) is 11.5. The Labute approximate surface area is 137 Å². The molecule has 8 heteroatoms. The Hall–Kier alpha value is -1.13. The van der Waals surface area contributed by atoms with Crippen LogP contribution in [0.3, 0.4) is 0 Å².